The van der Waals surface area contributed by atoms with Gasteiger partial charge in [0.05, 0.1) is 10.2 Å². The van der Waals surface area contributed by atoms with E-state index in [1.807, 2.05) is 41.8 Å². The van der Waals surface area contributed by atoms with E-state index in [-0.39, 0.29) is 19.5 Å². The van der Waals surface area contributed by atoms with Gasteiger partial charge in [0.15, 0.2) is 27.8 Å². The Labute approximate surface area is 164 Å². The van der Waals surface area contributed by atoms with Crippen molar-refractivity contribution < 1.29 is 23.7 Å². The molecule has 3 aromatic rings. The number of rotatable bonds is 3. The second-order valence-electron chi connectivity index (χ2n) is 6.20. The summed E-state index contributed by atoms with van der Waals surface area (Å²) in [6.07, 6.45) is 3.17. The Bertz CT molecular complexity index is 1190. The van der Waals surface area contributed by atoms with Gasteiger partial charge in [-0.25, -0.2) is 0 Å². The van der Waals surface area contributed by atoms with Crippen LogP contribution in [-0.4, -0.2) is 24.1 Å². The van der Waals surface area contributed by atoms with E-state index in [2.05, 4.69) is 4.99 Å². The molecular weight excluding hydrogens is 380 g/mol. The average Bonchev–Trinajstić information content (AvgIpc) is 3.41. The van der Waals surface area contributed by atoms with Gasteiger partial charge in [0.1, 0.15) is 0 Å². The summed E-state index contributed by atoms with van der Waals surface area (Å²) in [6.45, 7) is 3.17. The second-order valence-corrected chi connectivity index (χ2v) is 7.21. The zero-order valence-electron chi connectivity index (χ0n) is 15.0. The molecule has 0 aliphatic carbocycles. The first kappa shape index (κ1) is 16.9. The van der Waals surface area contributed by atoms with Gasteiger partial charge in [-0.2, -0.15) is 4.99 Å². The van der Waals surface area contributed by atoms with Crippen molar-refractivity contribution in [1.82, 2.24) is 4.57 Å². The molecule has 0 unspecified atom stereocenters. The molecule has 142 valence electrons. The van der Waals surface area contributed by atoms with Crippen LogP contribution in [0.3, 0.4) is 0 Å². The fourth-order valence-electron chi connectivity index (χ4n) is 3.17. The summed E-state index contributed by atoms with van der Waals surface area (Å²) in [5.41, 5.74) is 1.82. The largest absolute Gasteiger partial charge is 0.454 e. The molecule has 2 aliphatic heterocycles. The van der Waals surface area contributed by atoms with Crippen LogP contribution >= 0.6 is 11.3 Å². The van der Waals surface area contributed by atoms with Crippen molar-refractivity contribution in [2.24, 2.45) is 4.99 Å². The van der Waals surface area contributed by atoms with Crippen LogP contribution < -0.4 is 23.7 Å². The number of hydrogen-bond donors (Lipinski definition) is 0. The lowest BCUT2D eigenvalue weighted by molar-refractivity contribution is -0.113. The van der Waals surface area contributed by atoms with E-state index >= 15 is 0 Å². The summed E-state index contributed by atoms with van der Waals surface area (Å²) in [5.74, 6) is 2.50. The number of fused-ring (bicyclic) bond motifs is 3. The SMILES string of the molecule is CCn1c(=NC(=O)C=Cc2ccc3c(c2)OCO3)sc2cc3c(cc21)OCO3. The molecule has 0 saturated heterocycles. The zero-order valence-corrected chi connectivity index (χ0v) is 15.8. The number of hydrogen-bond acceptors (Lipinski definition) is 6. The Balaban J connectivity index is 1.46. The Morgan fingerprint density at radius 1 is 1.07 bits per heavy atom. The fraction of sp³-hybridized carbons (Fsp3) is 0.200. The number of thiazole rings is 1. The first-order valence-electron chi connectivity index (χ1n) is 8.80. The maximum Gasteiger partial charge on any atom is 0.272 e. The molecule has 5 rings (SSSR count). The van der Waals surface area contributed by atoms with Gasteiger partial charge in [-0.15, -0.1) is 0 Å². The van der Waals surface area contributed by atoms with Gasteiger partial charge < -0.3 is 23.5 Å². The van der Waals surface area contributed by atoms with Gasteiger partial charge in [0.2, 0.25) is 13.6 Å². The van der Waals surface area contributed by atoms with Crippen molar-refractivity contribution in [2.75, 3.05) is 13.6 Å². The van der Waals surface area contributed by atoms with Crippen LogP contribution in [-0.2, 0) is 11.3 Å². The third-order valence-electron chi connectivity index (χ3n) is 4.51. The van der Waals surface area contributed by atoms with Gasteiger partial charge in [0.25, 0.3) is 5.91 Å². The van der Waals surface area contributed by atoms with Gasteiger partial charge in [-0.3, -0.25) is 4.79 Å². The molecule has 7 nitrogen and oxygen atoms in total. The number of aromatic nitrogens is 1. The predicted molar refractivity (Wildman–Crippen MR) is 104 cm³/mol. The molecule has 1 aromatic heterocycles. The number of nitrogens with zero attached hydrogens (tertiary/aromatic N) is 2. The molecule has 28 heavy (non-hydrogen) atoms. The lowest BCUT2D eigenvalue weighted by Gasteiger charge is -2.01. The highest BCUT2D eigenvalue weighted by Crippen LogP contribution is 2.37. The number of ether oxygens (including phenoxy) is 4. The quantitative estimate of drug-likeness (QED) is 0.635. The molecule has 0 spiro atoms. The van der Waals surface area contributed by atoms with Crippen LogP contribution in [0.15, 0.2) is 41.4 Å². The Morgan fingerprint density at radius 3 is 2.57 bits per heavy atom. The third kappa shape index (κ3) is 2.91. The van der Waals surface area contributed by atoms with E-state index in [0.717, 1.165) is 21.5 Å². The van der Waals surface area contributed by atoms with Gasteiger partial charge in [-0.1, -0.05) is 17.4 Å². The smallest absolute Gasteiger partial charge is 0.272 e. The fourth-order valence-corrected chi connectivity index (χ4v) is 4.28. The van der Waals surface area contributed by atoms with Crippen molar-refractivity contribution in [2.45, 2.75) is 13.5 Å². The van der Waals surface area contributed by atoms with Crippen LogP contribution in [0.5, 0.6) is 23.0 Å². The van der Waals surface area contributed by atoms with Crippen molar-refractivity contribution in [3.63, 3.8) is 0 Å². The summed E-state index contributed by atoms with van der Waals surface area (Å²) in [6, 6.07) is 9.39. The average molecular weight is 396 g/mol. The third-order valence-corrected chi connectivity index (χ3v) is 5.56. The molecule has 0 saturated carbocycles. The summed E-state index contributed by atoms with van der Waals surface area (Å²) < 4.78 is 24.5. The number of benzene rings is 2. The number of carbonyl (C=O) groups excluding carboxylic acids is 1. The summed E-state index contributed by atoms with van der Waals surface area (Å²) in [7, 11) is 0. The monoisotopic (exact) mass is 396 g/mol. The van der Waals surface area contributed by atoms with E-state index in [9.17, 15) is 4.79 Å². The van der Waals surface area contributed by atoms with Crippen molar-refractivity contribution in [3.8, 4) is 23.0 Å². The summed E-state index contributed by atoms with van der Waals surface area (Å²) in [4.78, 5) is 17.3. The first-order chi connectivity index (χ1) is 13.7. The Morgan fingerprint density at radius 2 is 1.79 bits per heavy atom. The van der Waals surface area contributed by atoms with Gasteiger partial charge >= 0.3 is 0 Å². The maximum atomic E-state index is 12.4. The molecule has 0 fully saturated rings. The second kappa shape index (κ2) is 6.72. The topological polar surface area (TPSA) is 71.3 Å². The summed E-state index contributed by atoms with van der Waals surface area (Å²) >= 11 is 1.45. The zero-order chi connectivity index (χ0) is 19.1. The lowest BCUT2D eigenvalue weighted by atomic mass is 10.2. The molecular formula is C20H16N2O5S. The highest BCUT2D eigenvalue weighted by Gasteiger charge is 2.17. The number of aryl methyl sites for hydroxylation is 1. The first-order valence-corrected chi connectivity index (χ1v) is 9.62. The Kier molecular flexibility index (Phi) is 4.05. The standard InChI is InChI=1S/C20H16N2O5S/c1-2-22-13-8-16-17(27-11-26-16)9-18(13)28-20(22)21-19(23)6-4-12-3-5-14-15(7-12)25-10-24-14/h3-9H,2,10-11H2,1H3. The lowest BCUT2D eigenvalue weighted by Crippen LogP contribution is -2.15. The molecule has 0 bridgehead atoms. The van der Waals surface area contributed by atoms with Crippen LogP contribution in [0.25, 0.3) is 16.3 Å². The van der Waals surface area contributed by atoms with E-state index in [4.69, 9.17) is 18.9 Å². The van der Waals surface area contributed by atoms with Crippen molar-refractivity contribution in [1.29, 1.82) is 0 Å². The minimum atomic E-state index is -0.327. The van der Waals surface area contributed by atoms with E-state index in [1.54, 1.807) is 6.08 Å². The highest BCUT2D eigenvalue weighted by molar-refractivity contribution is 7.16. The summed E-state index contributed by atoms with van der Waals surface area (Å²) in [5, 5.41) is 0. The molecule has 1 amide bonds. The molecule has 8 heteroatoms. The molecule has 0 N–H and O–H groups in total. The van der Waals surface area contributed by atoms with Gasteiger partial charge in [0, 0.05) is 24.8 Å². The predicted octanol–water partition coefficient (Wildman–Crippen LogP) is 3.32. The van der Waals surface area contributed by atoms with E-state index in [0.29, 0.717) is 28.6 Å². The van der Waals surface area contributed by atoms with Crippen molar-refractivity contribution >= 4 is 33.5 Å². The molecule has 0 radical (unpaired) electrons. The minimum Gasteiger partial charge on any atom is -0.454 e. The molecule has 2 aromatic carbocycles. The van der Waals surface area contributed by atoms with Crippen LogP contribution in [0.1, 0.15) is 12.5 Å². The van der Waals surface area contributed by atoms with E-state index < -0.39 is 0 Å². The minimum absolute atomic E-state index is 0.221. The van der Waals surface area contributed by atoms with Crippen molar-refractivity contribution in [3.05, 3.63) is 46.8 Å². The Hall–Kier alpha value is -3.26. The van der Waals surface area contributed by atoms with Crippen LogP contribution in [0.4, 0.5) is 0 Å². The highest BCUT2D eigenvalue weighted by atomic mass is 32.1. The molecule has 0 atom stereocenters. The molecule has 3 heterocycles. The normalized spacial score (nSPS) is 15.1. The number of carbonyl (C=O) groups is 1. The van der Waals surface area contributed by atoms with E-state index in [1.165, 1.54) is 17.4 Å². The van der Waals surface area contributed by atoms with Crippen LogP contribution in [0.2, 0.25) is 0 Å². The van der Waals surface area contributed by atoms with Crippen LogP contribution in [0, 0.1) is 0 Å². The molecule has 2 aliphatic rings. The number of amides is 1. The van der Waals surface area contributed by atoms with Gasteiger partial charge in [-0.05, 0) is 30.7 Å². The maximum absolute atomic E-state index is 12.4.